The SMILES string of the molecule is OC(c1ccncc1F)c1ccccc1Cl. The van der Waals surface area contributed by atoms with Gasteiger partial charge in [0.1, 0.15) is 11.9 Å². The van der Waals surface area contributed by atoms with Crippen LogP contribution in [0.1, 0.15) is 17.2 Å². The van der Waals surface area contributed by atoms with E-state index in [4.69, 9.17) is 11.6 Å². The highest BCUT2D eigenvalue weighted by Crippen LogP contribution is 2.28. The highest BCUT2D eigenvalue weighted by Gasteiger charge is 2.16. The molecule has 0 aliphatic carbocycles. The number of benzene rings is 1. The minimum absolute atomic E-state index is 0.170. The van der Waals surface area contributed by atoms with E-state index < -0.39 is 11.9 Å². The number of aliphatic hydroxyl groups is 1. The normalized spacial score (nSPS) is 12.4. The fourth-order valence-electron chi connectivity index (χ4n) is 1.47. The maximum Gasteiger partial charge on any atom is 0.147 e. The molecule has 0 amide bonds. The summed E-state index contributed by atoms with van der Waals surface area (Å²) in [5.41, 5.74) is 0.650. The molecule has 0 fully saturated rings. The molecule has 0 bridgehead atoms. The average molecular weight is 238 g/mol. The third kappa shape index (κ3) is 2.05. The van der Waals surface area contributed by atoms with Crippen LogP contribution in [-0.2, 0) is 0 Å². The number of nitrogens with zero attached hydrogens (tertiary/aromatic N) is 1. The number of hydrogen-bond donors (Lipinski definition) is 1. The van der Waals surface area contributed by atoms with Crippen LogP contribution in [0.15, 0.2) is 42.7 Å². The van der Waals surface area contributed by atoms with Crippen molar-refractivity contribution in [1.82, 2.24) is 4.98 Å². The highest BCUT2D eigenvalue weighted by atomic mass is 35.5. The molecule has 0 saturated heterocycles. The maximum atomic E-state index is 13.4. The lowest BCUT2D eigenvalue weighted by molar-refractivity contribution is 0.215. The summed E-state index contributed by atoms with van der Waals surface area (Å²) >= 11 is 5.92. The Balaban J connectivity index is 2.44. The Kier molecular flexibility index (Phi) is 3.17. The summed E-state index contributed by atoms with van der Waals surface area (Å²) in [5, 5.41) is 10.4. The standard InChI is InChI=1S/C12H9ClFNO/c13-10-4-2-1-3-8(10)12(16)9-5-6-15-7-11(9)14/h1-7,12,16H. The Labute approximate surface area is 97.3 Å². The quantitative estimate of drug-likeness (QED) is 0.871. The zero-order chi connectivity index (χ0) is 11.5. The lowest BCUT2D eigenvalue weighted by Crippen LogP contribution is -2.03. The van der Waals surface area contributed by atoms with Gasteiger partial charge in [-0.25, -0.2) is 4.39 Å². The van der Waals surface area contributed by atoms with Gasteiger partial charge in [0.2, 0.25) is 0 Å². The summed E-state index contributed by atoms with van der Waals surface area (Å²) in [7, 11) is 0. The molecule has 0 aliphatic rings. The first kappa shape index (κ1) is 11.0. The first-order chi connectivity index (χ1) is 7.70. The summed E-state index contributed by atoms with van der Waals surface area (Å²) in [5.74, 6) is -0.546. The molecule has 82 valence electrons. The number of aromatic nitrogens is 1. The van der Waals surface area contributed by atoms with Gasteiger partial charge in [0, 0.05) is 22.3 Å². The molecule has 1 N–H and O–H groups in total. The number of aliphatic hydroxyl groups excluding tert-OH is 1. The Morgan fingerprint density at radius 3 is 2.62 bits per heavy atom. The molecule has 1 aromatic heterocycles. The largest absolute Gasteiger partial charge is 0.383 e. The lowest BCUT2D eigenvalue weighted by atomic mass is 10.0. The van der Waals surface area contributed by atoms with Crippen molar-refractivity contribution in [3.8, 4) is 0 Å². The number of pyridine rings is 1. The van der Waals surface area contributed by atoms with E-state index in [0.717, 1.165) is 6.20 Å². The number of hydrogen-bond acceptors (Lipinski definition) is 2. The Morgan fingerprint density at radius 2 is 1.94 bits per heavy atom. The second kappa shape index (κ2) is 4.60. The Morgan fingerprint density at radius 1 is 1.19 bits per heavy atom. The second-order valence-electron chi connectivity index (χ2n) is 3.32. The first-order valence-corrected chi connectivity index (χ1v) is 5.10. The van der Waals surface area contributed by atoms with Gasteiger partial charge >= 0.3 is 0 Å². The lowest BCUT2D eigenvalue weighted by Gasteiger charge is -2.13. The summed E-state index contributed by atoms with van der Waals surface area (Å²) in [4.78, 5) is 3.62. The van der Waals surface area contributed by atoms with Crippen LogP contribution >= 0.6 is 11.6 Å². The summed E-state index contributed by atoms with van der Waals surface area (Å²) in [6.45, 7) is 0. The van der Waals surface area contributed by atoms with Gasteiger partial charge < -0.3 is 5.11 Å². The minimum atomic E-state index is -1.07. The van der Waals surface area contributed by atoms with Crippen molar-refractivity contribution >= 4 is 11.6 Å². The van der Waals surface area contributed by atoms with E-state index in [-0.39, 0.29) is 5.56 Å². The van der Waals surface area contributed by atoms with Gasteiger partial charge in [-0.05, 0) is 12.1 Å². The van der Waals surface area contributed by atoms with Gasteiger partial charge in [0.25, 0.3) is 0 Å². The van der Waals surface area contributed by atoms with E-state index in [9.17, 15) is 9.50 Å². The van der Waals surface area contributed by atoms with E-state index in [1.54, 1.807) is 24.3 Å². The van der Waals surface area contributed by atoms with E-state index in [2.05, 4.69) is 4.98 Å². The Bertz CT molecular complexity index is 458. The van der Waals surface area contributed by atoms with Crippen LogP contribution in [0.2, 0.25) is 5.02 Å². The van der Waals surface area contributed by atoms with Crippen molar-refractivity contribution in [2.75, 3.05) is 0 Å². The summed E-state index contributed by atoms with van der Waals surface area (Å²) < 4.78 is 13.4. The zero-order valence-corrected chi connectivity index (χ0v) is 9.03. The molecule has 4 heteroatoms. The predicted molar refractivity (Wildman–Crippen MR) is 59.7 cm³/mol. The molecule has 0 saturated carbocycles. The molecule has 16 heavy (non-hydrogen) atoms. The van der Waals surface area contributed by atoms with Crippen molar-refractivity contribution in [3.05, 3.63) is 64.7 Å². The number of rotatable bonds is 2. The monoisotopic (exact) mass is 237 g/mol. The van der Waals surface area contributed by atoms with Gasteiger partial charge in [-0.15, -0.1) is 0 Å². The number of halogens is 2. The van der Waals surface area contributed by atoms with E-state index in [0.29, 0.717) is 10.6 Å². The Hall–Kier alpha value is -1.45. The van der Waals surface area contributed by atoms with Crippen molar-refractivity contribution in [3.63, 3.8) is 0 Å². The molecule has 1 aromatic carbocycles. The van der Waals surface area contributed by atoms with Gasteiger partial charge in [0.15, 0.2) is 0 Å². The van der Waals surface area contributed by atoms with Crippen molar-refractivity contribution in [2.24, 2.45) is 0 Å². The predicted octanol–water partition coefficient (Wildman–Crippen LogP) is 2.96. The van der Waals surface area contributed by atoms with Crippen LogP contribution in [0.4, 0.5) is 4.39 Å². The molecule has 2 nitrogen and oxygen atoms in total. The van der Waals surface area contributed by atoms with Crippen LogP contribution < -0.4 is 0 Å². The van der Waals surface area contributed by atoms with Crippen LogP contribution in [-0.4, -0.2) is 10.1 Å². The highest BCUT2D eigenvalue weighted by molar-refractivity contribution is 6.31. The molecular weight excluding hydrogens is 229 g/mol. The van der Waals surface area contributed by atoms with Crippen LogP contribution in [0, 0.1) is 5.82 Å². The molecule has 1 heterocycles. The molecule has 1 unspecified atom stereocenters. The van der Waals surface area contributed by atoms with E-state index in [1.807, 2.05) is 0 Å². The minimum Gasteiger partial charge on any atom is -0.383 e. The van der Waals surface area contributed by atoms with Crippen LogP contribution in [0.25, 0.3) is 0 Å². The summed E-state index contributed by atoms with van der Waals surface area (Å²) in [6.07, 6.45) is 1.42. The van der Waals surface area contributed by atoms with Gasteiger partial charge in [-0.3, -0.25) is 4.98 Å². The maximum absolute atomic E-state index is 13.4. The topological polar surface area (TPSA) is 33.1 Å². The molecule has 0 aliphatic heterocycles. The molecule has 0 spiro atoms. The molecule has 1 atom stereocenters. The van der Waals surface area contributed by atoms with E-state index >= 15 is 0 Å². The molecular formula is C12H9ClFNO. The smallest absolute Gasteiger partial charge is 0.147 e. The fourth-order valence-corrected chi connectivity index (χ4v) is 1.71. The van der Waals surface area contributed by atoms with Crippen molar-refractivity contribution in [2.45, 2.75) is 6.10 Å². The van der Waals surface area contributed by atoms with Gasteiger partial charge in [0.05, 0.1) is 6.20 Å². The van der Waals surface area contributed by atoms with Gasteiger partial charge in [-0.1, -0.05) is 29.8 Å². The molecule has 2 aromatic rings. The molecule has 0 radical (unpaired) electrons. The van der Waals surface area contributed by atoms with Crippen molar-refractivity contribution < 1.29 is 9.50 Å². The zero-order valence-electron chi connectivity index (χ0n) is 8.27. The average Bonchev–Trinajstić information content (AvgIpc) is 2.29. The van der Waals surface area contributed by atoms with Crippen molar-refractivity contribution in [1.29, 1.82) is 0 Å². The third-order valence-electron chi connectivity index (χ3n) is 2.30. The third-order valence-corrected chi connectivity index (χ3v) is 2.64. The first-order valence-electron chi connectivity index (χ1n) is 4.72. The second-order valence-corrected chi connectivity index (χ2v) is 3.73. The molecule has 2 rings (SSSR count). The van der Waals surface area contributed by atoms with Crippen LogP contribution in [0.5, 0.6) is 0 Å². The van der Waals surface area contributed by atoms with Gasteiger partial charge in [-0.2, -0.15) is 0 Å². The summed E-state index contributed by atoms with van der Waals surface area (Å²) in [6, 6.07) is 8.24. The van der Waals surface area contributed by atoms with Crippen LogP contribution in [0.3, 0.4) is 0 Å². The van der Waals surface area contributed by atoms with E-state index in [1.165, 1.54) is 12.3 Å². The fraction of sp³-hybridized carbons (Fsp3) is 0.0833.